The van der Waals surface area contributed by atoms with Gasteiger partial charge in [-0.3, -0.25) is 14.5 Å². The molecule has 0 aliphatic carbocycles. The zero-order valence-corrected chi connectivity index (χ0v) is 35.3. The maximum atomic E-state index is 12.3. The molecule has 0 aromatic heterocycles. The predicted octanol–water partition coefficient (Wildman–Crippen LogP) is 3.53. The van der Waals surface area contributed by atoms with E-state index in [9.17, 15) is 14.4 Å². The lowest BCUT2D eigenvalue weighted by Gasteiger charge is -2.13. The van der Waals surface area contributed by atoms with E-state index < -0.39 is 0 Å². The summed E-state index contributed by atoms with van der Waals surface area (Å²) < 4.78 is 65.6. The number of rotatable bonds is 41. The molecule has 1 heterocycles. The molecule has 0 radical (unpaired) electrons. The van der Waals surface area contributed by atoms with Crippen molar-refractivity contribution in [3.63, 3.8) is 0 Å². The van der Waals surface area contributed by atoms with Crippen molar-refractivity contribution in [2.24, 2.45) is 0 Å². The fourth-order valence-electron chi connectivity index (χ4n) is 5.31. The second-order valence-electron chi connectivity index (χ2n) is 13.0. The summed E-state index contributed by atoms with van der Waals surface area (Å²) in [5, 5.41) is 3.32. The SMILES string of the molecule is CCCCNc1ccc(C(=O)OCCOCCOCCOCCOCCOCCOCCOCCOCCOCCOCCOCCN2C(=O)c3ccccc3C2=O)cc1. The van der Waals surface area contributed by atoms with Crippen LogP contribution >= 0.6 is 0 Å². The third kappa shape index (κ3) is 23.4. The van der Waals surface area contributed by atoms with Crippen molar-refractivity contribution in [2.75, 3.05) is 170 Å². The summed E-state index contributed by atoms with van der Waals surface area (Å²) in [6, 6.07) is 14.1. The first-order chi connectivity index (χ1) is 29.6. The van der Waals surface area contributed by atoms with Crippen LogP contribution in [0.15, 0.2) is 48.5 Å². The number of nitrogens with zero attached hydrogens (tertiary/aromatic N) is 1. The van der Waals surface area contributed by atoms with E-state index in [-0.39, 0.29) is 37.5 Å². The third-order valence-corrected chi connectivity index (χ3v) is 8.50. The Morgan fingerprint density at radius 1 is 0.467 bits per heavy atom. The van der Waals surface area contributed by atoms with E-state index in [1.54, 1.807) is 36.4 Å². The second-order valence-corrected chi connectivity index (χ2v) is 13.0. The van der Waals surface area contributed by atoms with Gasteiger partial charge in [-0.1, -0.05) is 25.5 Å². The second kappa shape index (κ2) is 35.1. The van der Waals surface area contributed by atoms with Gasteiger partial charge >= 0.3 is 5.97 Å². The predicted molar refractivity (Wildman–Crippen MR) is 221 cm³/mol. The van der Waals surface area contributed by atoms with Crippen LogP contribution in [0, 0.1) is 0 Å². The average molecular weight is 851 g/mol. The number of unbranched alkanes of at least 4 members (excludes halogenated alkanes) is 1. The number of hydrogen-bond donors (Lipinski definition) is 1. The maximum Gasteiger partial charge on any atom is 0.338 e. The number of fused-ring (bicyclic) bond motifs is 1. The van der Waals surface area contributed by atoms with Gasteiger partial charge in [-0.05, 0) is 42.8 Å². The largest absolute Gasteiger partial charge is 0.460 e. The first-order valence-corrected chi connectivity index (χ1v) is 20.9. The van der Waals surface area contributed by atoms with Gasteiger partial charge in [0.1, 0.15) is 6.61 Å². The molecule has 0 saturated carbocycles. The molecule has 0 unspecified atom stereocenters. The molecule has 2 aromatic rings. The number of carbonyl (C=O) groups is 3. The van der Waals surface area contributed by atoms with Crippen LogP contribution in [0.5, 0.6) is 0 Å². The van der Waals surface area contributed by atoms with Gasteiger partial charge in [0.25, 0.3) is 11.8 Å². The van der Waals surface area contributed by atoms with Crippen molar-refractivity contribution >= 4 is 23.5 Å². The molecule has 2 amide bonds. The van der Waals surface area contributed by atoms with Crippen LogP contribution < -0.4 is 5.32 Å². The summed E-state index contributed by atoms with van der Waals surface area (Å²) in [5.74, 6) is -0.933. The molecule has 0 saturated heterocycles. The average Bonchev–Trinajstić information content (AvgIpc) is 3.51. The van der Waals surface area contributed by atoms with E-state index in [0.717, 1.165) is 25.1 Å². The van der Waals surface area contributed by atoms with E-state index in [0.29, 0.717) is 155 Å². The Morgan fingerprint density at radius 3 is 1.15 bits per heavy atom. The molecule has 338 valence electrons. The van der Waals surface area contributed by atoms with Gasteiger partial charge in [-0.2, -0.15) is 0 Å². The number of carbonyl (C=O) groups excluding carboxylic acids is 3. The lowest BCUT2D eigenvalue weighted by Crippen LogP contribution is -2.33. The lowest BCUT2D eigenvalue weighted by atomic mass is 10.1. The van der Waals surface area contributed by atoms with Crippen molar-refractivity contribution in [1.82, 2.24) is 4.90 Å². The van der Waals surface area contributed by atoms with E-state index in [2.05, 4.69) is 12.2 Å². The molecule has 0 spiro atoms. The highest BCUT2D eigenvalue weighted by Crippen LogP contribution is 2.22. The van der Waals surface area contributed by atoms with Crippen molar-refractivity contribution in [1.29, 1.82) is 0 Å². The number of hydrogen-bond acceptors (Lipinski definition) is 16. The minimum absolute atomic E-state index is 0.181. The molecule has 17 heteroatoms. The van der Waals surface area contributed by atoms with Gasteiger partial charge in [0.05, 0.1) is 169 Å². The smallest absolute Gasteiger partial charge is 0.338 e. The number of nitrogens with one attached hydrogen (secondary N) is 1. The molecular formula is C43H66N2O15. The van der Waals surface area contributed by atoms with Crippen LogP contribution in [0.1, 0.15) is 50.8 Å². The highest BCUT2D eigenvalue weighted by atomic mass is 16.6. The summed E-state index contributed by atoms with van der Waals surface area (Å²) in [7, 11) is 0. The molecule has 3 rings (SSSR count). The number of anilines is 1. The zero-order valence-electron chi connectivity index (χ0n) is 35.3. The molecule has 1 aliphatic rings. The van der Waals surface area contributed by atoms with Crippen molar-refractivity contribution < 1.29 is 71.2 Å². The van der Waals surface area contributed by atoms with Crippen LogP contribution in [0.2, 0.25) is 0 Å². The number of imide groups is 1. The van der Waals surface area contributed by atoms with Crippen LogP contribution in [0.4, 0.5) is 5.69 Å². The van der Waals surface area contributed by atoms with Crippen LogP contribution in [-0.4, -0.2) is 188 Å². The molecule has 1 N–H and O–H groups in total. The molecule has 60 heavy (non-hydrogen) atoms. The summed E-state index contributed by atoms with van der Waals surface area (Å²) in [6.07, 6.45) is 2.23. The Kier molecular flexibility index (Phi) is 29.7. The van der Waals surface area contributed by atoms with Gasteiger partial charge < -0.3 is 62.2 Å². The lowest BCUT2D eigenvalue weighted by molar-refractivity contribution is -0.0281. The zero-order chi connectivity index (χ0) is 42.6. The first kappa shape index (κ1) is 50.8. The molecule has 1 aliphatic heterocycles. The van der Waals surface area contributed by atoms with Gasteiger partial charge in [-0.25, -0.2) is 4.79 Å². The van der Waals surface area contributed by atoms with Crippen molar-refractivity contribution in [2.45, 2.75) is 19.8 Å². The summed E-state index contributed by atoms with van der Waals surface area (Å²) in [4.78, 5) is 38.0. The normalized spacial score (nSPS) is 12.4. The topological polar surface area (TPSA) is 177 Å². The van der Waals surface area contributed by atoms with Crippen molar-refractivity contribution in [3.05, 3.63) is 65.2 Å². The third-order valence-electron chi connectivity index (χ3n) is 8.50. The summed E-state index contributed by atoms with van der Waals surface area (Å²) in [6.45, 7) is 13.0. The fraction of sp³-hybridized carbons (Fsp3) is 0.651. The Morgan fingerprint density at radius 2 is 0.800 bits per heavy atom. The van der Waals surface area contributed by atoms with E-state index in [4.69, 9.17) is 56.8 Å². The maximum absolute atomic E-state index is 12.3. The molecule has 0 fully saturated rings. The monoisotopic (exact) mass is 850 g/mol. The van der Waals surface area contributed by atoms with E-state index in [1.807, 2.05) is 12.1 Å². The van der Waals surface area contributed by atoms with Crippen LogP contribution in [0.25, 0.3) is 0 Å². The van der Waals surface area contributed by atoms with Crippen LogP contribution in [-0.2, 0) is 56.8 Å². The summed E-state index contributed by atoms with van der Waals surface area (Å²) in [5.41, 5.74) is 2.38. The highest BCUT2D eigenvalue weighted by molar-refractivity contribution is 6.21. The highest BCUT2D eigenvalue weighted by Gasteiger charge is 2.34. The van der Waals surface area contributed by atoms with Gasteiger partial charge in [-0.15, -0.1) is 0 Å². The van der Waals surface area contributed by atoms with Gasteiger partial charge in [0, 0.05) is 12.2 Å². The molecule has 17 nitrogen and oxygen atoms in total. The Bertz CT molecular complexity index is 1370. The van der Waals surface area contributed by atoms with Gasteiger partial charge in [0.15, 0.2) is 0 Å². The minimum Gasteiger partial charge on any atom is -0.460 e. The Hall–Kier alpha value is -3.59. The number of benzene rings is 2. The Balaban J connectivity index is 0.916. The molecule has 2 aromatic carbocycles. The Labute approximate surface area is 354 Å². The fourth-order valence-corrected chi connectivity index (χ4v) is 5.31. The number of amides is 2. The van der Waals surface area contributed by atoms with Crippen molar-refractivity contribution in [3.8, 4) is 0 Å². The summed E-state index contributed by atoms with van der Waals surface area (Å²) >= 11 is 0. The van der Waals surface area contributed by atoms with Crippen LogP contribution in [0.3, 0.4) is 0 Å². The molecule has 0 bridgehead atoms. The van der Waals surface area contributed by atoms with E-state index >= 15 is 0 Å². The quantitative estimate of drug-likeness (QED) is 0.0584. The first-order valence-electron chi connectivity index (χ1n) is 20.9. The minimum atomic E-state index is -0.368. The van der Waals surface area contributed by atoms with E-state index in [1.165, 1.54) is 4.90 Å². The number of esters is 1. The number of ether oxygens (including phenoxy) is 12. The molecular weight excluding hydrogens is 784 g/mol. The molecule has 0 atom stereocenters. The standard InChI is InChI=1S/C43H66N2O15/c1-2-3-12-44-38-10-8-37(9-11-38)43(48)60-36-35-59-34-33-58-32-31-57-30-29-56-28-27-55-26-25-54-24-23-53-22-21-52-20-19-51-18-17-50-16-15-49-14-13-45-41(46)39-6-4-5-7-40(39)42(45)47/h4-11,44H,2-3,12-36H2,1H3. The van der Waals surface area contributed by atoms with Gasteiger partial charge in [0.2, 0.25) is 0 Å².